The predicted octanol–water partition coefficient (Wildman–Crippen LogP) is 10.0. The lowest BCUT2D eigenvalue weighted by Crippen LogP contribution is -2.05. The predicted molar refractivity (Wildman–Crippen MR) is 138 cm³/mol. The molecule has 0 heterocycles. The Balaban J connectivity index is 1.46. The molecule has 0 bridgehead atoms. The van der Waals surface area contributed by atoms with Gasteiger partial charge in [0, 0.05) is 0 Å². The highest BCUT2D eigenvalue weighted by Crippen LogP contribution is 2.33. The molecular formula is C31H44. The van der Waals surface area contributed by atoms with Crippen LogP contribution in [-0.2, 0) is 6.42 Å². The quantitative estimate of drug-likeness (QED) is 0.285. The summed E-state index contributed by atoms with van der Waals surface area (Å²) in [6.07, 6.45) is 21.5. The monoisotopic (exact) mass is 416 g/mol. The number of hydrogen-bond donors (Lipinski definition) is 0. The van der Waals surface area contributed by atoms with E-state index in [-0.39, 0.29) is 0 Å². The van der Waals surface area contributed by atoms with Gasteiger partial charge in [-0.25, -0.2) is 0 Å². The van der Waals surface area contributed by atoms with Crippen molar-refractivity contribution in [2.45, 2.75) is 104 Å². The van der Waals surface area contributed by atoms with E-state index in [9.17, 15) is 0 Å². The summed E-state index contributed by atoms with van der Waals surface area (Å²) in [4.78, 5) is 0. The van der Waals surface area contributed by atoms with Crippen molar-refractivity contribution in [2.24, 2.45) is 5.92 Å². The summed E-state index contributed by atoms with van der Waals surface area (Å²) in [6.45, 7) is 4.57. The second kappa shape index (κ2) is 13.6. The van der Waals surface area contributed by atoms with E-state index in [1.54, 1.807) is 5.57 Å². The van der Waals surface area contributed by atoms with E-state index in [2.05, 4.69) is 68.5 Å². The van der Waals surface area contributed by atoms with Gasteiger partial charge in [0.05, 0.1) is 0 Å². The molecule has 1 atom stereocenters. The Morgan fingerprint density at radius 1 is 0.645 bits per heavy atom. The molecule has 1 unspecified atom stereocenters. The summed E-state index contributed by atoms with van der Waals surface area (Å²) in [5.41, 5.74) is 7.13. The van der Waals surface area contributed by atoms with Crippen LogP contribution in [0.3, 0.4) is 0 Å². The van der Waals surface area contributed by atoms with E-state index in [0.717, 1.165) is 5.92 Å². The summed E-state index contributed by atoms with van der Waals surface area (Å²) < 4.78 is 0. The van der Waals surface area contributed by atoms with Crippen LogP contribution in [0.15, 0.2) is 54.6 Å². The molecule has 2 aromatic carbocycles. The Bertz CT molecular complexity index is 763. The van der Waals surface area contributed by atoms with Gasteiger partial charge in [-0.1, -0.05) is 126 Å². The summed E-state index contributed by atoms with van der Waals surface area (Å²) in [5, 5.41) is 0. The maximum Gasteiger partial charge on any atom is -0.0184 e. The molecule has 1 aliphatic rings. The molecule has 0 saturated carbocycles. The van der Waals surface area contributed by atoms with Gasteiger partial charge in [-0.2, -0.15) is 0 Å². The number of benzene rings is 2. The van der Waals surface area contributed by atoms with Gasteiger partial charge in [-0.3, -0.25) is 0 Å². The van der Waals surface area contributed by atoms with Crippen molar-refractivity contribution >= 4 is 5.57 Å². The van der Waals surface area contributed by atoms with Gasteiger partial charge >= 0.3 is 0 Å². The molecule has 0 N–H and O–H groups in total. The van der Waals surface area contributed by atoms with Gasteiger partial charge < -0.3 is 0 Å². The third-order valence-electron chi connectivity index (χ3n) is 7.10. The minimum atomic E-state index is 0.921. The summed E-state index contributed by atoms with van der Waals surface area (Å²) in [7, 11) is 0. The number of aryl methyl sites for hydroxylation is 1. The molecular weight excluding hydrogens is 372 g/mol. The number of allylic oxidation sites excluding steroid dienone is 2. The normalized spacial score (nSPS) is 16.3. The first kappa shape index (κ1) is 23.8. The molecule has 168 valence electrons. The molecule has 31 heavy (non-hydrogen) atoms. The molecule has 0 aromatic heterocycles. The van der Waals surface area contributed by atoms with Crippen LogP contribution >= 0.6 is 0 Å². The highest BCUT2D eigenvalue weighted by Gasteiger charge is 2.15. The van der Waals surface area contributed by atoms with Crippen molar-refractivity contribution in [1.82, 2.24) is 0 Å². The Hall–Kier alpha value is -1.82. The summed E-state index contributed by atoms with van der Waals surface area (Å²) in [5.74, 6) is 0.921. The second-order valence-corrected chi connectivity index (χ2v) is 9.66. The van der Waals surface area contributed by atoms with E-state index in [1.165, 1.54) is 112 Å². The fourth-order valence-electron chi connectivity index (χ4n) is 4.95. The fourth-order valence-corrected chi connectivity index (χ4v) is 4.95. The average Bonchev–Trinajstić information content (AvgIpc) is 2.82. The third-order valence-corrected chi connectivity index (χ3v) is 7.10. The van der Waals surface area contributed by atoms with Gasteiger partial charge in [-0.05, 0) is 65.8 Å². The highest BCUT2D eigenvalue weighted by molar-refractivity contribution is 5.71. The number of unbranched alkanes of at least 4 members (excludes halogenated alkanes) is 7. The lowest BCUT2D eigenvalue weighted by molar-refractivity contribution is 0.423. The largest absolute Gasteiger partial charge is 0.0804 e. The van der Waals surface area contributed by atoms with Crippen molar-refractivity contribution in [3.63, 3.8) is 0 Å². The van der Waals surface area contributed by atoms with Gasteiger partial charge in [-0.15, -0.1) is 0 Å². The summed E-state index contributed by atoms with van der Waals surface area (Å²) >= 11 is 0. The Morgan fingerprint density at radius 2 is 1.23 bits per heavy atom. The third kappa shape index (κ3) is 7.99. The molecule has 0 aliphatic heterocycles. The molecule has 3 rings (SSSR count). The molecule has 1 aliphatic carbocycles. The standard InChI is InChI=1S/C31H44/c1-3-5-7-8-9-11-13-27-16-20-29(21-17-27)31-24-22-30(23-25-31)28-18-14-26(15-19-28)12-10-6-4-2/h14-15,18-20,22-25,27H,3-13,16-17,21H2,1-2H3. The summed E-state index contributed by atoms with van der Waals surface area (Å²) in [6, 6.07) is 18.5. The Morgan fingerprint density at radius 3 is 1.87 bits per heavy atom. The molecule has 0 amide bonds. The van der Waals surface area contributed by atoms with Gasteiger partial charge in [0.25, 0.3) is 0 Å². The lowest BCUT2D eigenvalue weighted by atomic mass is 9.83. The number of hydrogen-bond acceptors (Lipinski definition) is 0. The van der Waals surface area contributed by atoms with Crippen LogP contribution in [0.4, 0.5) is 0 Å². The number of rotatable bonds is 13. The van der Waals surface area contributed by atoms with Crippen molar-refractivity contribution in [2.75, 3.05) is 0 Å². The Labute approximate surface area is 192 Å². The van der Waals surface area contributed by atoms with E-state index in [1.807, 2.05) is 0 Å². The van der Waals surface area contributed by atoms with Gasteiger partial charge in [0.15, 0.2) is 0 Å². The van der Waals surface area contributed by atoms with Crippen LogP contribution < -0.4 is 0 Å². The van der Waals surface area contributed by atoms with Crippen molar-refractivity contribution in [3.8, 4) is 11.1 Å². The van der Waals surface area contributed by atoms with Crippen LogP contribution in [0.5, 0.6) is 0 Å². The van der Waals surface area contributed by atoms with Crippen LogP contribution in [0.2, 0.25) is 0 Å². The zero-order chi connectivity index (χ0) is 21.7. The Kier molecular flexibility index (Phi) is 10.4. The SMILES string of the molecule is CCCCCCCCC1CC=C(c2ccc(-c3ccc(CCCCC)cc3)cc2)CC1. The van der Waals surface area contributed by atoms with E-state index >= 15 is 0 Å². The van der Waals surface area contributed by atoms with Gasteiger partial charge in [0.2, 0.25) is 0 Å². The molecule has 0 saturated heterocycles. The van der Waals surface area contributed by atoms with Crippen molar-refractivity contribution in [3.05, 3.63) is 65.7 Å². The van der Waals surface area contributed by atoms with Gasteiger partial charge in [0.1, 0.15) is 0 Å². The first-order valence-electron chi connectivity index (χ1n) is 13.2. The lowest BCUT2D eigenvalue weighted by Gasteiger charge is -2.22. The van der Waals surface area contributed by atoms with Crippen LogP contribution in [0, 0.1) is 5.92 Å². The maximum atomic E-state index is 2.53. The minimum Gasteiger partial charge on any atom is -0.0804 e. The second-order valence-electron chi connectivity index (χ2n) is 9.66. The van der Waals surface area contributed by atoms with Crippen LogP contribution in [-0.4, -0.2) is 0 Å². The smallest absolute Gasteiger partial charge is 0.0184 e. The molecule has 2 aromatic rings. The first-order chi connectivity index (χ1) is 15.3. The minimum absolute atomic E-state index is 0.921. The topological polar surface area (TPSA) is 0 Å². The molecule has 0 spiro atoms. The fraction of sp³-hybridized carbons (Fsp3) is 0.548. The zero-order valence-corrected chi connectivity index (χ0v) is 20.2. The zero-order valence-electron chi connectivity index (χ0n) is 20.2. The molecule has 0 radical (unpaired) electrons. The first-order valence-corrected chi connectivity index (χ1v) is 13.2. The maximum absolute atomic E-state index is 2.53. The van der Waals surface area contributed by atoms with Crippen molar-refractivity contribution in [1.29, 1.82) is 0 Å². The van der Waals surface area contributed by atoms with Crippen LogP contribution in [0.1, 0.15) is 108 Å². The molecule has 0 fully saturated rings. The van der Waals surface area contributed by atoms with E-state index < -0.39 is 0 Å². The van der Waals surface area contributed by atoms with Crippen LogP contribution in [0.25, 0.3) is 16.7 Å². The average molecular weight is 417 g/mol. The molecule has 0 heteroatoms. The van der Waals surface area contributed by atoms with E-state index in [0.29, 0.717) is 0 Å². The van der Waals surface area contributed by atoms with E-state index in [4.69, 9.17) is 0 Å². The highest BCUT2D eigenvalue weighted by atomic mass is 14.2. The molecule has 0 nitrogen and oxygen atoms in total. The van der Waals surface area contributed by atoms with Crippen molar-refractivity contribution < 1.29 is 0 Å².